The molecule has 2 aromatic carbocycles. The maximum absolute atomic E-state index is 12.5. The topological polar surface area (TPSA) is 52.2 Å². The quantitative estimate of drug-likeness (QED) is 0.734. The van der Waals surface area contributed by atoms with Gasteiger partial charge in [0.15, 0.2) is 0 Å². The van der Waals surface area contributed by atoms with Gasteiger partial charge in [-0.15, -0.1) is 0 Å². The van der Waals surface area contributed by atoms with Gasteiger partial charge in [0, 0.05) is 50.6 Å². The number of nitrogens with one attached hydrogen (secondary N) is 1. The minimum atomic E-state index is 0.206. The number of fused-ring (bicyclic) bond motifs is 1. The van der Waals surface area contributed by atoms with E-state index in [0.717, 1.165) is 54.6 Å². The van der Waals surface area contributed by atoms with Crippen molar-refractivity contribution < 1.29 is 4.79 Å². The Morgan fingerprint density at radius 3 is 2.67 bits per heavy atom. The first-order chi connectivity index (χ1) is 13.2. The molecule has 0 bridgehead atoms. The van der Waals surface area contributed by atoms with Gasteiger partial charge in [0.2, 0.25) is 5.91 Å². The zero-order valence-electron chi connectivity index (χ0n) is 15.2. The molecular weight excluding hydrogens is 360 g/mol. The minimum Gasteiger partial charge on any atom is -0.342 e. The number of nitrogens with zero attached hydrogens (tertiary/aromatic N) is 3. The molecule has 0 spiro atoms. The Bertz CT molecular complexity index is 898. The third-order valence-electron chi connectivity index (χ3n) is 5.03. The van der Waals surface area contributed by atoms with Crippen molar-refractivity contribution in [3.8, 4) is 0 Å². The van der Waals surface area contributed by atoms with Crippen LogP contribution in [0.1, 0.15) is 17.8 Å². The lowest BCUT2D eigenvalue weighted by Crippen LogP contribution is -2.48. The number of aromatic nitrogens is 2. The van der Waals surface area contributed by atoms with E-state index < -0.39 is 0 Å². The number of halogens is 1. The van der Waals surface area contributed by atoms with Crippen LogP contribution in [0.15, 0.2) is 48.5 Å². The second-order valence-electron chi connectivity index (χ2n) is 6.99. The Morgan fingerprint density at radius 1 is 1.07 bits per heavy atom. The summed E-state index contributed by atoms with van der Waals surface area (Å²) in [4.78, 5) is 24.7. The molecule has 3 aromatic rings. The number of piperazine rings is 1. The van der Waals surface area contributed by atoms with Crippen LogP contribution in [0.3, 0.4) is 0 Å². The fraction of sp³-hybridized carbons (Fsp3) is 0.333. The van der Waals surface area contributed by atoms with E-state index in [1.807, 2.05) is 47.4 Å². The second-order valence-corrected chi connectivity index (χ2v) is 7.42. The molecule has 140 valence electrons. The normalized spacial score (nSPS) is 15.4. The molecule has 1 saturated heterocycles. The standard InChI is InChI=1S/C21H23ClN4O/c22-17-5-3-4-16(14-17)15-25-10-12-26(13-11-25)21(27)9-8-20-23-18-6-1-2-7-19(18)24-20/h1-7,14H,8-13,15H2,(H,23,24). The number of H-pyrrole nitrogens is 1. The summed E-state index contributed by atoms with van der Waals surface area (Å²) >= 11 is 6.06. The summed E-state index contributed by atoms with van der Waals surface area (Å²) in [5.74, 6) is 1.09. The van der Waals surface area contributed by atoms with E-state index in [9.17, 15) is 4.79 Å². The molecule has 0 radical (unpaired) electrons. The molecule has 1 aliphatic heterocycles. The van der Waals surface area contributed by atoms with Crippen LogP contribution in [-0.4, -0.2) is 51.9 Å². The summed E-state index contributed by atoms with van der Waals surface area (Å²) in [5, 5.41) is 0.770. The molecule has 1 N–H and O–H groups in total. The molecule has 2 heterocycles. The summed E-state index contributed by atoms with van der Waals surface area (Å²) < 4.78 is 0. The lowest BCUT2D eigenvalue weighted by Gasteiger charge is -2.34. The number of hydrogen-bond acceptors (Lipinski definition) is 3. The molecule has 1 aromatic heterocycles. The maximum atomic E-state index is 12.5. The van der Waals surface area contributed by atoms with Gasteiger partial charge < -0.3 is 9.88 Å². The van der Waals surface area contributed by atoms with Crippen LogP contribution in [0.5, 0.6) is 0 Å². The molecule has 1 fully saturated rings. The molecule has 0 saturated carbocycles. The molecule has 1 aliphatic rings. The molecule has 0 aliphatic carbocycles. The third kappa shape index (κ3) is 4.49. The molecule has 4 rings (SSSR count). The van der Waals surface area contributed by atoms with Crippen molar-refractivity contribution in [2.24, 2.45) is 0 Å². The number of rotatable bonds is 5. The van der Waals surface area contributed by atoms with Gasteiger partial charge in [0.25, 0.3) is 0 Å². The average Bonchev–Trinajstić information content (AvgIpc) is 3.10. The number of imidazole rings is 1. The lowest BCUT2D eigenvalue weighted by atomic mass is 10.2. The van der Waals surface area contributed by atoms with Gasteiger partial charge in [-0.05, 0) is 29.8 Å². The van der Waals surface area contributed by atoms with E-state index in [1.54, 1.807) is 0 Å². The number of carbonyl (C=O) groups excluding carboxylic acids is 1. The van der Waals surface area contributed by atoms with Crippen LogP contribution in [0, 0.1) is 0 Å². The molecule has 27 heavy (non-hydrogen) atoms. The fourth-order valence-corrected chi connectivity index (χ4v) is 3.77. The second kappa shape index (κ2) is 8.11. The van der Waals surface area contributed by atoms with Gasteiger partial charge in [-0.2, -0.15) is 0 Å². The highest BCUT2D eigenvalue weighted by Crippen LogP contribution is 2.15. The number of aryl methyl sites for hydroxylation is 1. The van der Waals surface area contributed by atoms with Gasteiger partial charge in [-0.25, -0.2) is 4.98 Å². The Morgan fingerprint density at radius 2 is 1.89 bits per heavy atom. The highest BCUT2D eigenvalue weighted by atomic mass is 35.5. The Kier molecular flexibility index (Phi) is 5.41. The van der Waals surface area contributed by atoms with Gasteiger partial charge in [0.05, 0.1) is 11.0 Å². The number of amides is 1. The van der Waals surface area contributed by atoms with Crippen LogP contribution < -0.4 is 0 Å². The molecular formula is C21H23ClN4O. The first kappa shape index (κ1) is 18.0. The number of carbonyl (C=O) groups is 1. The zero-order chi connectivity index (χ0) is 18.6. The molecule has 6 heteroatoms. The maximum Gasteiger partial charge on any atom is 0.223 e. The first-order valence-corrected chi connectivity index (χ1v) is 9.73. The molecule has 5 nitrogen and oxygen atoms in total. The van der Waals surface area contributed by atoms with Crippen molar-refractivity contribution in [3.05, 3.63) is 64.9 Å². The van der Waals surface area contributed by atoms with Crippen LogP contribution in [0.2, 0.25) is 5.02 Å². The highest BCUT2D eigenvalue weighted by molar-refractivity contribution is 6.30. The van der Waals surface area contributed by atoms with E-state index >= 15 is 0 Å². The predicted octanol–water partition coefficient (Wildman–Crippen LogP) is 3.49. The van der Waals surface area contributed by atoms with Gasteiger partial charge in [-0.3, -0.25) is 9.69 Å². The summed E-state index contributed by atoms with van der Waals surface area (Å²) in [5.41, 5.74) is 3.19. The van der Waals surface area contributed by atoms with Crippen LogP contribution in [-0.2, 0) is 17.8 Å². The van der Waals surface area contributed by atoms with Crippen molar-refractivity contribution in [3.63, 3.8) is 0 Å². The van der Waals surface area contributed by atoms with Crippen LogP contribution in [0.25, 0.3) is 11.0 Å². The SMILES string of the molecule is O=C(CCc1nc2ccccc2[nH]1)N1CCN(Cc2cccc(Cl)c2)CC1. The lowest BCUT2D eigenvalue weighted by molar-refractivity contribution is -0.133. The van der Waals surface area contributed by atoms with E-state index in [0.29, 0.717) is 12.8 Å². The minimum absolute atomic E-state index is 0.206. The van der Waals surface area contributed by atoms with E-state index in [2.05, 4.69) is 20.9 Å². The van der Waals surface area contributed by atoms with Crippen molar-refractivity contribution in [1.82, 2.24) is 19.8 Å². The highest BCUT2D eigenvalue weighted by Gasteiger charge is 2.21. The first-order valence-electron chi connectivity index (χ1n) is 9.35. The average molecular weight is 383 g/mol. The summed E-state index contributed by atoms with van der Waals surface area (Å²) in [6.45, 7) is 4.21. The largest absolute Gasteiger partial charge is 0.342 e. The van der Waals surface area contributed by atoms with E-state index in [1.165, 1.54) is 5.56 Å². The Hall–Kier alpha value is -2.37. The van der Waals surface area contributed by atoms with Crippen molar-refractivity contribution in [1.29, 1.82) is 0 Å². The van der Waals surface area contributed by atoms with Crippen molar-refractivity contribution >= 4 is 28.5 Å². The summed E-state index contributed by atoms with van der Waals surface area (Å²) in [6, 6.07) is 15.9. The van der Waals surface area contributed by atoms with Crippen molar-refractivity contribution in [2.75, 3.05) is 26.2 Å². The van der Waals surface area contributed by atoms with Gasteiger partial charge in [-0.1, -0.05) is 35.9 Å². The smallest absolute Gasteiger partial charge is 0.223 e. The molecule has 0 unspecified atom stereocenters. The molecule has 1 amide bonds. The van der Waals surface area contributed by atoms with E-state index in [4.69, 9.17) is 11.6 Å². The number of para-hydroxylation sites is 2. The predicted molar refractivity (Wildman–Crippen MR) is 108 cm³/mol. The Labute approximate surface area is 163 Å². The third-order valence-corrected chi connectivity index (χ3v) is 5.27. The zero-order valence-corrected chi connectivity index (χ0v) is 16.0. The van der Waals surface area contributed by atoms with Gasteiger partial charge in [0.1, 0.15) is 5.82 Å². The summed E-state index contributed by atoms with van der Waals surface area (Å²) in [6.07, 6.45) is 1.14. The van der Waals surface area contributed by atoms with Gasteiger partial charge >= 0.3 is 0 Å². The van der Waals surface area contributed by atoms with Crippen LogP contribution in [0.4, 0.5) is 0 Å². The number of hydrogen-bond donors (Lipinski definition) is 1. The number of benzene rings is 2. The Balaban J connectivity index is 1.25. The van der Waals surface area contributed by atoms with E-state index in [-0.39, 0.29) is 5.91 Å². The summed E-state index contributed by atoms with van der Waals surface area (Å²) in [7, 11) is 0. The monoisotopic (exact) mass is 382 g/mol. The van der Waals surface area contributed by atoms with Crippen molar-refractivity contribution in [2.45, 2.75) is 19.4 Å². The molecule has 0 atom stereocenters. The number of aromatic amines is 1. The fourth-order valence-electron chi connectivity index (χ4n) is 3.56. The van der Waals surface area contributed by atoms with Crippen LogP contribution >= 0.6 is 11.6 Å².